The van der Waals surface area contributed by atoms with E-state index in [1.165, 1.54) is 0 Å². The molecule has 1 aliphatic carbocycles. The minimum atomic E-state index is 0.0542. The summed E-state index contributed by atoms with van der Waals surface area (Å²) >= 11 is 0. The van der Waals surface area contributed by atoms with Crippen molar-refractivity contribution in [2.24, 2.45) is 11.3 Å². The molecule has 0 aliphatic heterocycles. The van der Waals surface area contributed by atoms with Gasteiger partial charge in [0.25, 0.3) is 0 Å². The Hall–Kier alpha value is -0.920. The fourth-order valence-corrected chi connectivity index (χ4v) is 1.11. The molecule has 0 heterocycles. The Balaban J connectivity index is 2.51. The third-order valence-corrected chi connectivity index (χ3v) is 2.17. The second-order valence-electron chi connectivity index (χ2n) is 3.13. The second-order valence-corrected chi connectivity index (χ2v) is 3.13. The summed E-state index contributed by atoms with van der Waals surface area (Å²) in [5, 5.41) is 8.79. The van der Waals surface area contributed by atoms with Crippen molar-refractivity contribution in [1.29, 1.82) is 0 Å². The van der Waals surface area contributed by atoms with Gasteiger partial charge in [-0.15, -0.1) is 0 Å². The molecule has 1 N–H and O–H groups in total. The molecule has 0 bridgehead atoms. The number of rotatable bonds is 1. The van der Waals surface area contributed by atoms with Crippen molar-refractivity contribution in [2.45, 2.75) is 20.3 Å². The highest BCUT2D eigenvalue weighted by atomic mass is 16.3. The molecule has 0 spiro atoms. The first-order chi connectivity index (χ1) is 5.23. The average Bonchev–Trinajstić information content (AvgIpc) is 2.63. The molecule has 1 fully saturated rings. The van der Waals surface area contributed by atoms with E-state index in [2.05, 4.69) is 30.6 Å². The predicted molar refractivity (Wildman–Crippen MR) is 44.5 cm³/mol. The van der Waals surface area contributed by atoms with Gasteiger partial charge in [0.2, 0.25) is 0 Å². The molecule has 11 heavy (non-hydrogen) atoms. The normalized spacial score (nSPS) is 32.8. The third-order valence-electron chi connectivity index (χ3n) is 2.17. The lowest BCUT2D eigenvalue weighted by molar-refractivity contribution is 0.264. The first-order valence-electron chi connectivity index (χ1n) is 3.77. The van der Waals surface area contributed by atoms with Gasteiger partial charge in [0, 0.05) is 12.0 Å². The lowest BCUT2D eigenvalue weighted by atomic mass is 10.1. The minimum Gasteiger partial charge on any atom is -0.396 e. The van der Waals surface area contributed by atoms with Gasteiger partial charge in [0.05, 0.1) is 0 Å². The summed E-state index contributed by atoms with van der Waals surface area (Å²) in [7, 11) is 0. The summed E-state index contributed by atoms with van der Waals surface area (Å²) in [4.78, 5) is 0. The van der Waals surface area contributed by atoms with Crippen molar-refractivity contribution in [3.63, 3.8) is 0 Å². The highest BCUT2D eigenvalue weighted by molar-refractivity contribution is 5.31. The first kappa shape index (κ1) is 8.18. The van der Waals surface area contributed by atoms with E-state index in [4.69, 9.17) is 5.11 Å². The van der Waals surface area contributed by atoms with Gasteiger partial charge in [-0.1, -0.05) is 11.8 Å². The molecule has 1 nitrogen and oxygen atoms in total. The maximum atomic E-state index is 8.79. The van der Waals surface area contributed by atoms with Crippen molar-refractivity contribution in [1.82, 2.24) is 0 Å². The smallest absolute Gasteiger partial charge is 0.0474 e. The summed E-state index contributed by atoms with van der Waals surface area (Å²) in [5.41, 5.74) is 0.0542. The van der Waals surface area contributed by atoms with Crippen LogP contribution < -0.4 is 0 Å². The van der Waals surface area contributed by atoms with Crippen LogP contribution in [-0.4, -0.2) is 11.7 Å². The van der Waals surface area contributed by atoms with E-state index < -0.39 is 0 Å². The molecule has 1 rings (SSSR count). The predicted octanol–water partition coefficient (Wildman–Crippen LogP) is 1.03. The molecule has 0 aromatic heterocycles. The van der Waals surface area contributed by atoms with Gasteiger partial charge in [0.15, 0.2) is 0 Å². The van der Waals surface area contributed by atoms with Crippen molar-refractivity contribution < 1.29 is 5.11 Å². The van der Waals surface area contributed by atoms with Crippen LogP contribution in [0, 0.1) is 35.0 Å². The first-order valence-corrected chi connectivity index (χ1v) is 3.77. The van der Waals surface area contributed by atoms with Crippen LogP contribution in [0.3, 0.4) is 0 Å². The molecular weight excluding hydrogens is 136 g/mol. The second kappa shape index (κ2) is 2.99. The summed E-state index contributed by atoms with van der Waals surface area (Å²) in [6.07, 6.45) is 1.02. The van der Waals surface area contributed by atoms with Crippen LogP contribution >= 0.6 is 0 Å². The van der Waals surface area contributed by atoms with E-state index >= 15 is 0 Å². The Bertz CT molecular complexity index is 258. The van der Waals surface area contributed by atoms with Crippen LogP contribution in [0.15, 0.2) is 0 Å². The maximum Gasteiger partial charge on any atom is 0.0474 e. The van der Waals surface area contributed by atoms with Crippen LogP contribution in [0.5, 0.6) is 0 Å². The number of hydrogen-bond donors (Lipinski definition) is 1. The summed E-state index contributed by atoms with van der Waals surface area (Å²) < 4.78 is 0. The van der Waals surface area contributed by atoms with Gasteiger partial charge in [-0.05, 0) is 38.0 Å². The fourth-order valence-electron chi connectivity index (χ4n) is 1.11. The largest absolute Gasteiger partial charge is 0.396 e. The summed E-state index contributed by atoms with van der Waals surface area (Å²) in [6, 6.07) is 0. The molecule has 0 aromatic rings. The maximum absolute atomic E-state index is 8.79. The fraction of sp³-hybridized carbons (Fsp3) is 0.600. The van der Waals surface area contributed by atoms with Crippen LogP contribution in [0.2, 0.25) is 0 Å². The van der Waals surface area contributed by atoms with E-state index in [0.29, 0.717) is 5.92 Å². The third kappa shape index (κ3) is 1.76. The van der Waals surface area contributed by atoms with Gasteiger partial charge in [-0.25, -0.2) is 0 Å². The average molecular weight is 148 g/mol. The lowest BCUT2D eigenvalue weighted by Gasteiger charge is -1.95. The molecule has 0 radical (unpaired) electrons. The molecule has 2 atom stereocenters. The van der Waals surface area contributed by atoms with E-state index in [1.807, 2.05) is 0 Å². The zero-order valence-corrected chi connectivity index (χ0v) is 6.94. The SMILES string of the molecule is CC#CC#C[C@]1(C)C[C@H]1CO. The van der Waals surface area contributed by atoms with Gasteiger partial charge >= 0.3 is 0 Å². The van der Waals surface area contributed by atoms with Crippen LogP contribution in [-0.2, 0) is 0 Å². The van der Waals surface area contributed by atoms with E-state index in [0.717, 1.165) is 6.42 Å². The lowest BCUT2D eigenvalue weighted by Crippen LogP contribution is -1.96. The van der Waals surface area contributed by atoms with Crippen molar-refractivity contribution >= 4 is 0 Å². The van der Waals surface area contributed by atoms with E-state index in [-0.39, 0.29) is 12.0 Å². The monoisotopic (exact) mass is 148 g/mol. The molecule has 0 amide bonds. The minimum absolute atomic E-state index is 0.0542. The Morgan fingerprint density at radius 2 is 2.27 bits per heavy atom. The molecule has 0 saturated heterocycles. The Kier molecular flexibility index (Phi) is 2.22. The van der Waals surface area contributed by atoms with Crippen LogP contribution in [0.4, 0.5) is 0 Å². The Morgan fingerprint density at radius 1 is 1.55 bits per heavy atom. The van der Waals surface area contributed by atoms with Gasteiger partial charge in [-0.3, -0.25) is 0 Å². The van der Waals surface area contributed by atoms with Gasteiger partial charge < -0.3 is 5.11 Å². The zero-order chi connectivity index (χ0) is 8.32. The summed E-state index contributed by atoms with van der Waals surface area (Å²) in [5.74, 6) is 11.6. The van der Waals surface area contributed by atoms with E-state index in [1.54, 1.807) is 6.92 Å². The molecule has 58 valence electrons. The molecular formula is C10H12O. The Morgan fingerprint density at radius 3 is 2.73 bits per heavy atom. The molecule has 0 unspecified atom stereocenters. The number of aliphatic hydroxyl groups excluding tert-OH is 1. The molecule has 0 aromatic carbocycles. The van der Waals surface area contributed by atoms with Crippen molar-refractivity contribution in [2.75, 3.05) is 6.61 Å². The van der Waals surface area contributed by atoms with E-state index in [9.17, 15) is 0 Å². The number of hydrogen-bond acceptors (Lipinski definition) is 1. The summed E-state index contributed by atoms with van der Waals surface area (Å²) in [6.45, 7) is 4.09. The quantitative estimate of drug-likeness (QED) is 0.551. The van der Waals surface area contributed by atoms with Crippen LogP contribution in [0.1, 0.15) is 20.3 Å². The van der Waals surface area contributed by atoms with Gasteiger partial charge in [-0.2, -0.15) is 0 Å². The molecule has 1 aliphatic rings. The van der Waals surface area contributed by atoms with Crippen molar-refractivity contribution in [3.05, 3.63) is 0 Å². The Labute approximate surface area is 67.8 Å². The van der Waals surface area contributed by atoms with Crippen molar-refractivity contribution in [3.8, 4) is 23.7 Å². The molecule has 1 heteroatoms. The van der Waals surface area contributed by atoms with Gasteiger partial charge in [0.1, 0.15) is 0 Å². The number of aliphatic hydroxyl groups is 1. The topological polar surface area (TPSA) is 20.2 Å². The molecule has 1 saturated carbocycles. The highest BCUT2D eigenvalue weighted by Crippen LogP contribution is 2.51. The van der Waals surface area contributed by atoms with Crippen LogP contribution in [0.25, 0.3) is 0 Å². The zero-order valence-electron chi connectivity index (χ0n) is 6.94. The highest BCUT2D eigenvalue weighted by Gasteiger charge is 2.48. The standard InChI is InChI=1S/C10H12O/c1-3-4-5-6-10(2)7-9(10)8-11/h9,11H,7-8H2,1-2H3/t9-,10+/m0/s1.